The molecule has 0 bridgehead atoms. The van der Waals surface area contributed by atoms with Crippen LogP contribution in [0.2, 0.25) is 5.02 Å². The van der Waals surface area contributed by atoms with Crippen molar-refractivity contribution in [2.75, 3.05) is 18.2 Å². The summed E-state index contributed by atoms with van der Waals surface area (Å²) < 4.78 is 5.14. The minimum Gasteiger partial charge on any atom is -0.497 e. The molecular weight excluding hydrogens is 448 g/mol. The zero-order valence-electron chi connectivity index (χ0n) is 17.4. The van der Waals surface area contributed by atoms with Crippen molar-refractivity contribution in [3.63, 3.8) is 0 Å². The maximum Gasteiger partial charge on any atom is 0.234 e. The van der Waals surface area contributed by atoms with E-state index in [9.17, 15) is 4.79 Å². The first-order valence-corrected chi connectivity index (χ1v) is 11.6. The van der Waals surface area contributed by atoms with Gasteiger partial charge in [-0.1, -0.05) is 35.5 Å². The van der Waals surface area contributed by atoms with E-state index in [1.165, 1.54) is 17.3 Å². The second-order valence-corrected chi connectivity index (χ2v) is 9.06. The van der Waals surface area contributed by atoms with Crippen LogP contribution in [0.15, 0.2) is 66.0 Å². The number of hydrogen-bond acceptors (Lipinski definition) is 8. The maximum absolute atomic E-state index is 12.4. The van der Waals surface area contributed by atoms with Gasteiger partial charge in [-0.05, 0) is 48.4 Å². The molecule has 0 aliphatic carbocycles. The predicted octanol–water partition coefficient (Wildman–Crippen LogP) is 3.33. The molecule has 3 N–H and O–H groups in total. The van der Waals surface area contributed by atoms with E-state index in [1.54, 1.807) is 7.11 Å². The van der Waals surface area contributed by atoms with E-state index in [2.05, 4.69) is 43.3 Å². The molecule has 3 heterocycles. The lowest BCUT2D eigenvalue weighted by Crippen LogP contribution is -2.54. The van der Waals surface area contributed by atoms with E-state index in [0.717, 1.165) is 28.0 Å². The van der Waals surface area contributed by atoms with Gasteiger partial charge in [0.1, 0.15) is 11.9 Å². The molecular formula is C22H23ClN6O2S. The van der Waals surface area contributed by atoms with E-state index in [1.807, 2.05) is 48.8 Å². The second-order valence-electron chi connectivity index (χ2n) is 7.68. The van der Waals surface area contributed by atoms with Crippen LogP contribution in [0, 0.1) is 0 Å². The van der Waals surface area contributed by atoms with Crippen molar-refractivity contribution in [2.45, 2.75) is 24.7 Å². The van der Waals surface area contributed by atoms with Crippen LogP contribution in [0.25, 0.3) is 0 Å². The summed E-state index contributed by atoms with van der Waals surface area (Å²) in [5.74, 6) is 0.934. The first-order chi connectivity index (χ1) is 15.6. The number of hydrazine groups is 1. The highest BCUT2D eigenvalue weighted by atomic mass is 35.5. The minimum atomic E-state index is -0.0840. The van der Waals surface area contributed by atoms with Crippen LogP contribution in [-0.4, -0.2) is 46.1 Å². The Morgan fingerprint density at radius 1 is 1.22 bits per heavy atom. The van der Waals surface area contributed by atoms with Gasteiger partial charge in [0.15, 0.2) is 5.17 Å². The summed E-state index contributed by atoms with van der Waals surface area (Å²) >= 11 is 7.44. The summed E-state index contributed by atoms with van der Waals surface area (Å²) in [6.07, 6.45) is 4.95. The second kappa shape index (κ2) is 8.93. The van der Waals surface area contributed by atoms with Crippen molar-refractivity contribution in [2.24, 2.45) is 5.10 Å². The molecule has 3 aliphatic rings. The molecule has 166 valence electrons. The van der Waals surface area contributed by atoms with Crippen LogP contribution in [0.1, 0.15) is 18.0 Å². The molecule has 3 unspecified atom stereocenters. The Hall–Kier alpha value is -2.88. The van der Waals surface area contributed by atoms with Crippen LogP contribution < -0.4 is 20.9 Å². The van der Waals surface area contributed by atoms with Crippen LogP contribution >= 0.6 is 23.4 Å². The number of hydrazone groups is 1. The van der Waals surface area contributed by atoms with Gasteiger partial charge in [-0.3, -0.25) is 10.2 Å². The number of fused-ring (bicyclic) bond motifs is 3. The van der Waals surface area contributed by atoms with Gasteiger partial charge in [-0.25, -0.2) is 5.43 Å². The normalized spacial score (nSPS) is 23.3. The third kappa shape index (κ3) is 4.23. The van der Waals surface area contributed by atoms with Crippen LogP contribution in [0.4, 0.5) is 5.69 Å². The number of nitrogens with one attached hydrogen (secondary N) is 3. The zero-order chi connectivity index (χ0) is 22.1. The molecule has 0 radical (unpaired) electrons. The van der Waals surface area contributed by atoms with Gasteiger partial charge in [-0.2, -0.15) is 5.10 Å². The van der Waals surface area contributed by atoms with E-state index < -0.39 is 0 Å². The SMILES string of the molecule is COc1ccc(NC(=O)CSC2=NNC3C4CC(c5ccc(Cl)cc5)NN4C=CN23)cc1. The number of amides is 1. The Balaban J connectivity index is 1.16. The predicted molar refractivity (Wildman–Crippen MR) is 127 cm³/mol. The highest BCUT2D eigenvalue weighted by Gasteiger charge is 2.44. The number of ether oxygens (including phenoxy) is 1. The number of amidine groups is 1. The van der Waals surface area contributed by atoms with E-state index >= 15 is 0 Å². The molecule has 2 aromatic carbocycles. The third-order valence-corrected chi connectivity index (χ3v) is 6.90. The van der Waals surface area contributed by atoms with Crippen LogP contribution in [-0.2, 0) is 4.79 Å². The Kier molecular flexibility index (Phi) is 5.86. The van der Waals surface area contributed by atoms with Gasteiger partial charge in [0.2, 0.25) is 5.91 Å². The first-order valence-electron chi connectivity index (χ1n) is 10.3. The molecule has 8 nitrogen and oxygen atoms in total. The van der Waals surface area contributed by atoms with Gasteiger partial charge in [-0.15, -0.1) is 0 Å². The first kappa shape index (κ1) is 21.0. The van der Waals surface area contributed by atoms with Crippen LogP contribution in [0.3, 0.4) is 0 Å². The lowest BCUT2D eigenvalue weighted by Gasteiger charge is -2.36. The Bertz CT molecular complexity index is 1050. The van der Waals surface area contributed by atoms with Crippen LogP contribution in [0.5, 0.6) is 5.75 Å². The summed E-state index contributed by atoms with van der Waals surface area (Å²) in [6.45, 7) is 0. The number of thioether (sulfide) groups is 1. The fourth-order valence-electron chi connectivity index (χ4n) is 4.06. The Morgan fingerprint density at radius 2 is 2.00 bits per heavy atom. The topological polar surface area (TPSA) is 81.2 Å². The largest absolute Gasteiger partial charge is 0.497 e. The fourth-order valence-corrected chi connectivity index (χ4v) is 4.96. The maximum atomic E-state index is 12.4. The van der Waals surface area contributed by atoms with Gasteiger partial charge < -0.3 is 20.0 Å². The molecule has 1 saturated heterocycles. The number of hydrogen-bond donors (Lipinski definition) is 3. The standard InChI is InChI=1S/C22H23ClN6O2S/c1-31-17-8-6-16(7-9-17)24-20(30)13-32-22-26-25-21-19-12-18(14-2-4-15(23)5-3-14)27-29(19)11-10-28(21)22/h2-11,18-19,21,25,27H,12-13H2,1H3,(H,24,30). The number of halogens is 1. The molecule has 0 spiro atoms. The minimum absolute atomic E-state index is 0.0111. The Labute approximate surface area is 195 Å². The van der Waals surface area contributed by atoms with Crippen molar-refractivity contribution >= 4 is 40.1 Å². The molecule has 2 aromatic rings. The number of nitrogens with zero attached hydrogens (tertiary/aromatic N) is 3. The Morgan fingerprint density at radius 3 is 2.75 bits per heavy atom. The number of rotatable bonds is 5. The number of benzene rings is 2. The smallest absolute Gasteiger partial charge is 0.234 e. The average molecular weight is 471 g/mol. The summed E-state index contributed by atoms with van der Waals surface area (Å²) in [6, 6.07) is 15.6. The molecule has 3 aliphatic heterocycles. The monoisotopic (exact) mass is 470 g/mol. The van der Waals surface area contributed by atoms with Crippen molar-refractivity contribution in [3.8, 4) is 5.75 Å². The van der Waals surface area contributed by atoms with Gasteiger partial charge >= 0.3 is 0 Å². The molecule has 1 amide bonds. The highest BCUT2D eigenvalue weighted by molar-refractivity contribution is 8.14. The molecule has 10 heteroatoms. The van der Waals surface area contributed by atoms with Crippen molar-refractivity contribution in [1.29, 1.82) is 0 Å². The lowest BCUT2D eigenvalue weighted by molar-refractivity contribution is -0.113. The lowest BCUT2D eigenvalue weighted by atomic mass is 10.00. The average Bonchev–Trinajstić information content (AvgIpc) is 3.42. The molecule has 3 atom stereocenters. The number of anilines is 1. The molecule has 1 fully saturated rings. The van der Waals surface area contributed by atoms with Gasteiger partial charge in [0.05, 0.1) is 24.9 Å². The summed E-state index contributed by atoms with van der Waals surface area (Å²) in [7, 11) is 1.61. The van der Waals surface area contributed by atoms with Gasteiger partial charge in [0, 0.05) is 23.1 Å². The van der Waals surface area contributed by atoms with Crippen molar-refractivity contribution in [1.82, 2.24) is 20.8 Å². The molecule has 0 saturated carbocycles. The third-order valence-electron chi connectivity index (χ3n) is 5.68. The quantitative estimate of drug-likeness (QED) is 0.618. The molecule has 0 aromatic heterocycles. The summed E-state index contributed by atoms with van der Waals surface area (Å²) in [4.78, 5) is 14.5. The molecule has 5 rings (SSSR count). The van der Waals surface area contributed by atoms with Gasteiger partial charge in [0.25, 0.3) is 0 Å². The van der Waals surface area contributed by atoms with Crippen molar-refractivity contribution < 1.29 is 9.53 Å². The number of methoxy groups -OCH3 is 1. The highest BCUT2D eigenvalue weighted by Crippen LogP contribution is 2.35. The summed E-state index contributed by atoms with van der Waals surface area (Å²) in [5, 5.41) is 11.0. The number of carbonyl (C=O) groups excluding carboxylic acids is 1. The molecule has 32 heavy (non-hydrogen) atoms. The summed E-state index contributed by atoms with van der Waals surface area (Å²) in [5.41, 5.74) is 8.73. The van der Waals surface area contributed by atoms with E-state index in [-0.39, 0.29) is 29.9 Å². The van der Waals surface area contributed by atoms with Crippen molar-refractivity contribution in [3.05, 3.63) is 71.5 Å². The van der Waals surface area contributed by atoms with E-state index in [0.29, 0.717) is 0 Å². The zero-order valence-corrected chi connectivity index (χ0v) is 18.9. The fraction of sp³-hybridized carbons (Fsp3) is 0.273. The van der Waals surface area contributed by atoms with E-state index in [4.69, 9.17) is 16.3 Å². The number of carbonyl (C=O) groups is 1.